The van der Waals surface area contributed by atoms with Crippen LogP contribution in [0.5, 0.6) is 0 Å². The highest BCUT2D eigenvalue weighted by Gasteiger charge is 2.34. The Hall–Kier alpha value is -2.70. The van der Waals surface area contributed by atoms with Gasteiger partial charge in [-0.15, -0.1) is 11.3 Å². The molecule has 0 amide bonds. The van der Waals surface area contributed by atoms with Crippen LogP contribution in [0, 0.1) is 5.92 Å². The van der Waals surface area contributed by atoms with Crippen LogP contribution in [0.25, 0.3) is 0 Å². The largest absolute Gasteiger partial charge is 0.393 e. The first-order valence-electron chi connectivity index (χ1n) is 10.4. The predicted molar refractivity (Wildman–Crippen MR) is 124 cm³/mol. The molecule has 4 N–H and O–H groups in total. The molecule has 1 fully saturated rings. The molecular formula is C22H24N4O5S2. The Bertz CT molecular complexity index is 1220. The van der Waals surface area contributed by atoms with Crippen LogP contribution in [0.4, 0.5) is 5.82 Å². The van der Waals surface area contributed by atoms with Gasteiger partial charge in [0.25, 0.3) is 0 Å². The lowest BCUT2D eigenvalue weighted by Gasteiger charge is -2.15. The van der Waals surface area contributed by atoms with Crippen molar-refractivity contribution in [2.45, 2.75) is 31.4 Å². The van der Waals surface area contributed by atoms with Crippen LogP contribution in [0.2, 0.25) is 0 Å². The first-order chi connectivity index (χ1) is 15.8. The van der Waals surface area contributed by atoms with E-state index < -0.39 is 22.3 Å². The molecular weight excluding hydrogens is 464 g/mol. The van der Waals surface area contributed by atoms with Crippen LogP contribution in [0.15, 0.2) is 54.3 Å². The number of rotatable bonds is 9. The Morgan fingerprint density at radius 2 is 2.03 bits per heavy atom. The predicted octanol–water partition coefficient (Wildman–Crippen LogP) is 2.13. The van der Waals surface area contributed by atoms with Crippen LogP contribution in [-0.2, 0) is 20.9 Å². The lowest BCUT2D eigenvalue weighted by molar-refractivity contribution is 0.101. The average molecular weight is 489 g/mol. The smallest absolute Gasteiger partial charge is 0.333 e. The molecule has 0 aliphatic heterocycles. The van der Waals surface area contributed by atoms with Crippen molar-refractivity contribution < 1.29 is 22.5 Å². The normalized spacial score (nSPS) is 20.6. The van der Waals surface area contributed by atoms with Crippen LogP contribution < -0.4 is 10.5 Å². The molecule has 11 heteroatoms. The molecule has 1 saturated carbocycles. The highest BCUT2D eigenvalue weighted by Crippen LogP contribution is 2.30. The monoisotopic (exact) mass is 488 g/mol. The molecule has 0 radical (unpaired) electrons. The average Bonchev–Trinajstić information content (AvgIpc) is 3.38. The number of nitrogens with one attached hydrogen (secondary N) is 1. The maximum Gasteiger partial charge on any atom is 0.333 e. The molecule has 0 saturated heterocycles. The van der Waals surface area contributed by atoms with Gasteiger partial charge < -0.3 is 10.4 Å². The lowest BCUT2D eigenvalue weighted by Crippen LogP contribution is -2.24. The minimum absolute atomic E-state index is 0.185. The Kier molecular flexibility index (Phi) is 7.15. The van der Waals surface area contributed by atoms with Gasteiger partial charge in [-0.1, -0.05) is 30.3 Å². The number of nitrogens with zero attached hydrogens (tertiary/aromatic N) is 2. The van der Waals surface area contributed by atoms with E-state index in [1.807, 2.05) is 41.8 Å². The summed E-state index contributed by atoms with van der Waals surface area (Å²) in [4.78, 5) is 22.0. The van der Waals surface area contributed by atoms with Crippen molar-refractivity contribution >= 4 is 33.2 Å². The zero-order valence-corrected chi connectivity index (χ0v) is 19.3. The van der Waals surface area contributed by atoms with Crippen molar-refractivity contribution in [1.29, 1.82) is 0 Å². The third kappa shape index (κ3) is 6.21. The van der Waals surface area contributed by atoms with Crippen molar-refractivity contribution in [2.75, 3.05) is 11.9 Å². The van der Waals surface area contributed by atoms with E-state index in [4.69, 9.17) is 5.14 Å². The van der Waals surface area contributed by atoms with Gasteiger partial charge in [-0.2, -0.15) is 8.42 Å². The molecule has 174 valence electrons. The van der Waals surface area contributed by atoms with E-state index in [0.29, 0.717) is 29.1 Å². The summed E-state index contributed by atoms with van der Waals surface area (Å²) in [7, 11) is -4.07. The topological polar surface area (TPSA) is 144 Å². The molecule has 3 aromatic rings. The number of hydrogen-bond donors (Lipinski definition) is 3. The molecule has 1 aromatic carbocycles. The Labute approximate surface area is 195 Å². The van der Waals surface area contributed by atoms with Crippen LogP contribution in [-0.4, -0.2) is 48.0 Å². The van der Waals surface area contributed by atoms with E-state index in [0.717, 1.165) is 12.0 Å². The Morgan fingerprint density at radius 1 is 1.24 bits per heavy atom. The van der Waals surface area contributed by atoms with E-state index >= 15 is 0 Å². The van der Waals surface area contributed by atoms with Gasteiger partial charge in [0.15, 0.2) is 0 Å². The van der Waals surface area contributed by atoms with Gasteiger partial charge in [0.05, 0.1) is 23.2 Å². The fourth-order valence-electron chi connectivity index (χ4n) is 3.94. The number of hydrogen-bond acceptors (Lipinski definition) is 9. The van der Waals surface area contributed by atoms with E-state index in [1.54, 1.807) is 0 Å². The first kappa shape index (κ1) is 23.5. The number of carbonyl (C=O) groups excluding carboxylic acids is 1. The number of aliphatic hydroxyl groups excluding tert-OH is 1. The minimum Gasteiger partial charge on any atom is -0.393 e. The quantitative estimate of drug-likeness (QED) is 0.389. The lowest BCUT2D eigenvalue weighted by atomic mass is 10.1. The second-order valence-electron chi connectivity index (χ2n) is 8.01. The van der Waals surface area contributed by atoms with Gasteiger partial charge in [-0.25, -0.2) is 15.1 Å². The number of thiophene rings is 1. The maximum absolute atomic E-state index is 13.2. The van der Waals surface area contributed by atoms with Gasteiger partial charge in [0.1, 0.15) is 12.1 Å². The molecule has 0 spiro atoms. The maximum atomic E-state index is 13.2. The van der Waals surface area contributed by atoms with Gasteiger partial charge in [-0.3, -0.25) is 8.98 Å². The molecule has 9 nitrogen and oxygen atoms in total. The summed E-state index contributed by atoms with van der Waals surface area (Å²) in [6.07, 6.45) is 3.60. The van der Waals surface area contributed by atoms with Crippen molar-refractivity contribution in [3.8, 4) is 0 Å². The number of ketones is 1. The van der Waals surface area contributed by atoms with Crippen LogP contribution >= 0.6 is 11.3 Å². The molecule has 0 bridgehead atoms. The third-order valence-electron chi connectivity index (χ3n) is 5.53. The van der Waals surface area contributed by atoms with E-state index in [9.17, 15) is 18.3 Å². The van der Waals surface area contributed by atoms with Gasteiger partial charge in [0, 0.05) is 18.2 Å². The second kappa shape index (κ2) is 10.1. The van der Waals surface area contributed by atoms with Crippen molar-refractivity contribution in [2.24, 2.45) is 11.1 Å². The van der Waals surface area contributed by atoms with Gasteiger partial charge >= 0.3 is 10.3 Å². The summed E-state index contributed by atoms with van der Waals surface area (Å²) in [6.45, 7) is -0.201. The second-order valence-corrected chi connectivity index (χ2v) is 10.1. The van der Waals surface area contributed by atoms with Gasteiger partial charge in [0.2, 0.25) is 5.78 Å². The summed E-state index contributed by atoms with van der Waals surface area (Å²) in [5.74, 6) is -0.215. The molecule has 2 aromatic heterocycles. The SMILES string of the molecule is NS(=O)(=O)OC[C@H]1C[C@@H](Nc2ncncc2C(=O)c2cc(Cc3ccccc3)cs2)C[C@@H]1O. The highest BCUT2D eigenvalue weighted by atomic mass is 32.2. The standard InChI is InChI=1S/C22H24N4O5S2/c23-33(29,30)31-11-16-8-17(9-19(16)27)26-22-18(10-24-13-25-22)21(28)20-7-15(12-32-20)6-14-4-2-1-3-5-14/h1-5,7,10,12-13,16-17,19,27H,6,8-9,11H2,(H2,23,29,30)(H,24,25,26)/t16-,17-,19+/m1/s1. The van der Waals surface area contributed by atoms with Crippen molar-refractivity contribution in [3.63, 3.8) is 0 Å². The number of anilines is 1. The summed E-state index contributed by atoms with van der Waals surface area (Å²) in [6, 6.07) is 11.7. The number of nitrogens with two attached hydrogens (primary N) is 1. The summed E-state index contributed by atoms with van der Waals surface area (Å²) in [5.41, 5.74) is 2.56. The summed E-state index contributed by atoms with van der Waals surface area (Å²) in [5, 5.41) is 20.3. The number of aliphatic hydroxyl groups is 1. The molecule has 2 heterocycles. The molecule has 0 unspecified atom stereocenters. The Balaban J connectivity index is 1.44. The first-order valence-corrected chi connectivity index (χ1v) is 12.7. The van der Waals surface area contributed by atoms with Gasteiger partial charge in [-0.05, 0) is 41.8 Å². The van der Waals surface area contributed by atoms with Crippen molar-refractivity contribution in [3.05, 3.63) is 75.9 Å². The Morgan fingerprint density at radius 3 is 2.79 bits per heavy atom. The molecule has 1 aliphatic rings. The zero-order chi connectivity index (χ0) is 23.4. The van der Waals surface area contributed by atoms with Crippen LogP contribution in [0.3, 0.4) is 0 Å². The summed E-state index contributed by atoms with van der Waals surface area (Å²) < 4.78 is 26.7. The molecule has 4 rings (SSSR count). The highest BCUT2D eigenvalue weighted by molar-refractivity contribution is 7.84. The van der Waals surface area contributed by atoms with E-state index in [-0.39, 0.29) is 18.4 Å². The number of aromatic nitrogens is 2. The zero-order valence-electron chi connectivity index (χ0n) is 17.6. The van der Waals surface area contributed by atoms with Crippen LogP contribution in [0.1, 0.15) is 39.2 Å². The number of carbonyl (C=O) groups is 1. The molecule has 33 heavy (non-hydrogen) atoms. The van der Waals surface area contributed by atoms with Crippen molar-refractivity contribution in [1.82, 2.24) is 9.97 Å². The third-order valence-corrected chi connectivity index (χ3v) is 6.97. The molecule has 3 atom stereocenters. The van der Waals surface area contributed by atoms with E-state index in [1.165, 1.54) is 29.4 Å². The fraction of sp³-hybridized carbons (Fsp3) is 0.318. The number of benzene rings is 1. The van der Waals surface area contributed by atoms with E-state index in [2.05, 4.69) is 19.5 Å². The molecule has 1 aliphatic carbocycles. The fourth-order valence-corrected chi connectivity index (χ4v) is 5.17. The summed E-state index contributed by atoms with van der Waals surface area (Å²) >= 11 is 1.37. The minimum atomic E-state index is -4.07.